The Morgan fingerprint density at radius 2 is 1.75 bits per heavy atom. The van der Waals surface area contributed by atoms with E-state index in [1.807, 2.05) is 43.3 Å². The standard InChI is InChI=1S/C17H20ClNO/c1-12-7-3-5-9-15(12)17(13(2)19)20-11-14-8-4-6-10-16(14)18/h3-10,13,17H,11,19H2,1-2H3. The fraction of sp³-hybridized carbons (Fsp3) is 0.294. The first-order valence-corrected chi connectivity index (χ1v) is 7.13. The van der Waals surface area contributed by atoms with Gasteiger partial charge in [0.2, 0.25) is 0 Å². The van der Waals surface area contributed by atoms with Crippen LogP contribution in [0.3, 0.4) is 0 Å². The van der Waals surface area contributed by atoms with E-state index in [0.29, 0.717) is 6.61 Å². The quantitative estimate of drug-likeness (QED) is 0.893. The van der Waals surface area contributed by atoms with E-state index in [9.17, 15) is 0 Å². The van der Waals surface area contributed by atoms with Crippen molar-refractivity contribution < 1.29 is 4.74 Å². The van der Waals surface area contributed by atoms with Gasteiger partial charge in [-0.25, -0.2) is 0 Å². The van der Waals surface area contributed by atoms with Crippen molar-refractivity contribution in [3.8, 4) is 0 Å². The average molecular weight is 290 g/mol. The first kappa shape index (κ1) is 15.0. The molecule has 2 aromatic rings. The van der Waals surface area contributed by atoms with Crippen LogP contribution in [0.5, 0.6) is 0 Å². The molecule has 2 atom stereocenters. The lowest BCUT2D eigenvalue weighted by Gasteiger charge is -2.24. The van der Waals surface area contributed by atoms with E-state index in [4.69, 9.17) is 22.1 Å². The van der Waals surface area contributed by atoms with Crippen LogP contribution in [0.15, 0.2) is 48.5 Å². The largest absolute Gasteiger partial charge is 0.367 e. The van der Waals surface area contributed by atoms with Crippen molar-refractivity contribution in [1.29, 1.82) is 0 Å². The summed E-state index contributed by atoms with van der Waals surface area (Å²) in [5.41, 5.74) is 9.38. The van der Waals surface area contributed by atoms with Crippen LogP contribution in [-0.4, -0.2) is 6.04 Å². The molecule has 0 aliphatic carbocycles. The van der Waals surface area contributed by atoms with Gasteiger partial charge in [0, 0.05) is 11.1 Å². The smallest absolute Gasteiger partial charge is 0.0980 e. The summed E-state index contributed by atoms with van der Waals surface area (Å²) in [4.78, 5) is 0. The van der Waals surface area contributed by atoms with Crippen molar-refractivity contribution in [2.24, 2.45) is 5.73 Å². The van der Waals surface area contributed by atoms with Crippen molar-refractivity contribution in [2.75, 3.05) is 0 Å². The Morgan fingerprint density at radius 1 is 1.10 bits per heavy atom. The van der Waals surface area contributed by atoms with Crippen molar-refractivity contribution in [2.45, 2.75) is 32.6 Å². The van der Waals surface area contributed by atoms with Crippen LogP contribution < -0.4 is 5.73 Å². The highest BCUT2D eigenvalue weighted by molar-refractivity contribution is 6.31. The van der Waals surface area contributed by atoms with Gasteiger partial charge in [-0.3, -0.25) is 0 Å². The summed E-state index contributed by atoms with van der Waals surface area (Å²) in [5.74, 6) is 0. The number of rotatable bonds is 5. The lowest BCUT2D eigenvalue weighted by molar-refractivity contribution is 0.0255. The highest BCUT2D eigenvalue weighted by Crippen LogP contribution is 2.26. The first-order chi connectivity index (χ1) is 9.59. The highest BCUT2D eigenvalue weighted by atomic mass is 35.5. The summed E-state index contributed by atoms with van der Waals surface area (Å²) in [7, 11) is 0. The summed E-state index contributed by atoms with van der Waals surface area (Å²) in [6.45, 7) is 4.49. The Morgan fingerprint density at radius 3 is 2.40 bits per heavy atom. The Bertz CT molecular complexity index is 568. The molecule has 2 N–H and O–H groups in total. The van der Waals surface area contributed by atoms with E-state index in [2.05, 4.69) is 19.1 Å². The minimum Gasteiger partial charge on any atom is -0.367 e. The van der Waals surface area contributed by atoms with Crippen LogP contribution >= 0.6 is 11.6 Å². The van der Waals surface area contributed by atoms with Crippen molar-refractivity contribution in [1.82, 2.24) is 0 Å². The van der Waals surface area contributed by atoms with Gasteiger partial charge in [0.05, 0.1) is 12.7 Å². The fourth-order valence-corrected chi connectivity index (χ4v) is 2.42. The molecule has 0 aliphatic heterocycles. The molecule has 0 fully saturated rings. The SMILES string of the molecule is Cc1ccccc1C(OCc1ccccc1Cl)C(C)N. The van der Waals surface area contributed by atoms with Crippen LogP contribution in [0.25, 0.3) is 0 Å². The summed E-state index contributed by atoms with van der Waals surface area (Å²) >= 11 is 6.15. The summed E-state index contributed by atoms with van der Waals surface area (Å²) in [5, 5.41) is 0.723. The zero-order chi connectivity index (χ0) is 14.5. The molecular weight excluding hydrogens is 270 g/mol. The molecule has 2 aromatic carbocycles. The third-order valence-corrected chi connectivity index (χ3v) is 3.72. The molecular formula is C17H20ClNO. The third kappa shape index (κ3) is 3.60. The monoisotopic (exact) mass is 289 g/mol. The lowest BCUT2D eigenvalue weighted by atomic mass is 9.99. The Hall–Kier alpha value is -1.35. The fourth-order valence-electron chi connectivity index (χ4n) is 2.23. The number of nitrogens with two attached hydrogens (primary N) is 1. The summed E-state index contributed by atoms with van der Waals surface area (Å²) in [6, 6.07) is 15.8. The van der Waals surface area contributed by atoms with Gasteiger partial charge in [-0.2, -0.15) is 0 Å². The van der Waals surface area contributed by atoms with Gasteiger partial charge in [-0.15, -0.1) is 0 Å². The van der Waals surface area contributed by atoms with Gasteiger partial charge in [-0.05, 0) is 36.6 Å². The normalized spacial score (nSPS) is 14.0. The van der Waals surface area contributed by atoms with E-state index >= 15 is 0 Å². The summed E-state index contributed by atoms with van der Waals surface area (Å²) < 4.78 is 6.03. The molecule has 2 rings (SSSR count). The van der Waals surface area contributed by atoms with E-state index in [0.717, 1.165) is 16.1 Å². The molecule has 0 aromatic heterocycles. The van der Waals surface area contributed by atoms with Gasteiger partial charge in [0.15, 0.2) is 0 Å². The molecule has 2 unspecified atom stereocenters. The molecule has 2 nitrogen and oxygen atoms in total. The molecule has 0 saturated carbocycles. The van der Waals surface area contributed by atoms with Crippen LogP contribution in [0.4, 0.5) is 0 Å². The maximum atomic E-state index is 6.15. The second-order valence-corrected chi connectivity index (χ2v) is 5.45. The molecule has 0 heterocycles. The molecule has 20 heavy (non-hydrogen) atoms. The minimum absolute atomic E-state index is 0.0846. The predicted molar refractivity (Wildman–Crippen MR) is 83.8 cm³/mol. The number of hydrogen-bond donors (Lipinski definition) is 1. The molecule has 106 valence electrons. The Labute approximate surface area is 125 Å². The van der Waals surface area contributed by atoms with Crippen molar-refractivity contribution in [3.63, 3.8) is 0 Å². The average Bonchev–Trinajstić information content (AvgIpc) is 2.42. The van der Waals surface area contributed by atoms with E-state index in [-0.39, 0.29) is 12.1 Å². The molecule has 0 amide bonds. The topological polar surface area (TPSA) is 35.2 Å². The number of hydrogen-bond acceptors (Lipinski definition) is 2. The molecule has 3 heteroatoms. The number of benzene rings is 2. The second kappa shape index (κ2) is 6.89. The molecule has 0 bridgehead atoms. The van der Waals surface area contributed by atoms with Gasteiger partial charge in [-0.1, -0.05) is 54.1 Å². The van der Waals surface area contributed by atoms with Crippen molar-refractivity contribution in [3.05, 3.63) is 70.2 Å². The maximum Gasteiger partial charge on any atom is 0.0980 e. The van der Waals surface area contributed by atoms with Crippen LogP contribution in [-0.2, 0) is 11.3 Å². The minimum atomic E-state index is -0.132. The van der Waals surface area contributed by atoms with Crippen LogP contribution in [0.2, 0.25) is 5.02 Å². The van der Waals surface area contributed by atoms with Gasteiger partial charge < -0.3 is 10.5 Å². The third-order valence-electron chi connectivity index (χ3n) is 3.35. The van der Waals surface area contributed by atoms with Gasteiger partial charge in [0.1, 0.15) is 0 Å². The predicted octanol–water partition coefficient (Wildman–Crippen LogP) is 4.25. The van der Waals surface area contributed by atoms with Gasteiger partial charge in [0.25, 0.3) is 0 Å². The number of aryl methyl sites for hydroxylation is 1. The molecule has 0 saturated heterocycles. The molecule has 0 aliphatic rings. The van der Waals surface area contributed by atoms with E-state index in [1.165, 1.54) is 5.56 Å². The Balaban J connectivity index is 2.15. The van der Waals surface area contributed by atoms with Crippen molar-refractivity contribution >= 4 is 11.6 Å². The highest BCUT2D eigenvalue weighted by Gasteiger charge is 2.19. The summed E-state index contributed by atoms with van der Waals surface area (Å²) in [6.07, 6.45) is -0.132. The van der Waals surface area contributed by atoms with Crippen LogP contribution in [0.1, 0.15) is 29.7 Å². The number of ether oxygens (including phenoxy) is 1. The van der Waals surface area contributed by atoms with E-state index < -0.39 is 0 Å². The Kier molecular flexibility index (Phi) is 5.18. The lowest BCUT2D eigenvalue weighted by Crippen LogP contribution is -2.27. The number of halogens is 1. The molecule has 0 radical (unpaired) electrons. The molecule has 0 spiro atoms. The van der Waals surface area contributed by atoms with E-state index in [1.54, 1.807) is 0 Å². The maximum absolute atomic E-state index is 6.15. The zero-order valence-electron chi connectivity index (χ0n) is 11.8. The van der Waals surface area contributed by atoms with Gasteiger partial charge >= 0.3 is 0 Å². The second-order valence-electron chi connectivity index (χ2n) is 5.04. The zero-order valence-corrected chi connectivity index (χ0v) is 12.6. The van der Waals surface area contributed by atoms with Crippen LogP contribution in [0, 0.1) is 6.92 Å². The first-order valence-electron chi connectivity index (χ1n) is 6.75.